The average Bonchev–Trinajstić information content (AvgIpc) is 1.65. The van der Waals surface area contributed by atoms with Gasteiger partial charge in [0, 0.05) is 0 Å². The summed E-state index contributed by atoms with van der Waals surface area (Å²) in [6.07, 6.45) is 6.62. The van der Waals surface area contributed by atoms with E-state index in [4.69, 9.17) is 4.74 Å². The summed E-state index contributed by atoms with van der Waals surface area (Å²) in [5, 5.41) is 0. The van der Waals surface area contributed by atoms with Crippen LogP contribution < -0.4 is 0 Å². The van der Waals surface area contributed by atoms with Crippen molar-refractivity contribution in [1.29, 1.82) is 0 Å². The molecule has 1 heterocycles. The lowest BCUT2D eigenvalue weighted by molar-refractivity contribution is 0.158. The van der Waals surface area contributed by atoms with E-state index in [0.29, 0.717) is 0 Å². The zero-order valence-corrected chi connectivity index (χ0v) is 6.29. The summed E-state index contributed by atoms with van der Waals surface area (Å²) in [6.45, 7) is 3.49. The minimum Gasteiger partial charge on any atom is -0.381 e. The molecule has 0 spiro atoms. The minimum absolute atomic E-state index is 0.712. The molecular weight excluding hydrogens is 119 g/mol. The van der Waals surface area contributed by atoms with Crippen molar-refractivity contribution in [2.24, 2.45) is 0 Å². The quantitative estimate of drug-likeness (QED) is 0.448. The van der Waals surface area contributed by atoms with E-state index in [1.165, 1.54) is 12.3 Å². The molecule has 0 bridgehead atoms. The fraction of sp³-hybridized carbons (Fsp3) is 0.833. The van der Waals surface area contributed by atoms with Gasteiger partial charge < -0.3 is 4.74 Å². The van der Waals surface area contributed by atoms with Gasteiger partial charge in [0.15, 0.2) is 0 Å². The predicted octanol–water partition coefficient (Wildman–Crippen LogP) is 1.10. The fourth-order valence-corrected chi connectivity index (χ4v) is 2.15. The van der Waals surface area contributed by atoms with Crippen LogP contribution in [0.25, 0.3) is 0 Å². The van der Waals surface area contributed by atoms with Crippen molar-refractivity contribution in [1.82, 2.24) is 0 Å². The van der Waals surface area contributed by atoms with Gasteiger partial charge in [-0.15, -0.1) is 13.2 Å². The number of ether oxygens (including phenoxy) is 1. The van der Waals surface area contributed by atoms with Crippen LogP contribution in [0, 0.1) is 0 Å². The summed E-state index contributed by atoms with van der Waals surface area (Å²) in [4.78, 5) is 0. The molecule has 1 nitrogen and oxygen atoms in total. The highest BCUT2D eigenvalue weighted by Crippen LogP contribution is 2.41. The van der Waals surface area contributed by atoms with Crippen LogP contribution in [0.5, 0.6) is 0 Å². The van der Waals surface area contributed by atoms with Gasteiger partial charge in [-0.1, -0.05) is 0 Å². The van der Waals surface area contributed by atoms with Gasteiger partial charge >= 0.3 is 0 Å². The summed E-state index contributed by atoms with van der Waals surface area (Å²) in [7, 11) is 0. The van der Waals surface area contributed by atoms with Gasteiger partial charge in [-0.3, -0.25) is 0 Å². The molecule has 0 atom stereocenters. The van der Waals surface area contributed by atoms with Crippen molar-refractivity contribution in [2.75, 3.05) is 32.2 Å². The van der Waals surface area contributed by atoms with Gasteiger partial charge in [0.05, 0.1) is 13.2 Å². The Kier molecular flexibility index (Phi) is 1.79. The second kappa shape index (κ2) is 2.24. The second-order valence-corrected chi connectivity index (χ2v) is 6.81. The molecule has 1 saturated heterocycles. The van der Waals surface area contributed by atoms with Crippen LogP contribution >= 0.6 is 6.89 Å². The molecule has 1 rings (SSSR count). The van der Waals surface area contributed by atoms with Crippen LogP contribution in [0.1, 0.15) is 0 Å². The number of hydrogen-bond acceptors (Lipinski definition) is 1. The summed E-state index contributed by atoms with van der Waals surface area (Å²) in [5.74, 6) is 0. The zero-order chi connectivity index (χ0) is 6.04. The maximum atomic E-state index is 5.19. The second-order valence-electron chi connectivity index (χ2n) is 2.68. The average molecular weight is 132 g/mol. The summed E-state index contributed by atoms with van der Waals surface area (Å²) < 4.78 is 5.19. The lowest BCUT2D eigenvalue weighted by Crippen LogP contribution is -2.14. The molecule has 1 fully saturated rings. The van der Waals surface area contributed by atoms with Crippen molar-refractivity contribution in [3.8, 4) is 0 Å². The summed E-state index contributed by atoms with van der Waals surface area (Å²) in [5.41, 5.74) is 0. The van der Waals surface area contributed by atoms with Crippen LogP contribution in [0.2, 0.25) is 0 Å². The first-order valence-electron chi connectivity index (χ1n) is 2.97. The van der Waals surface area contributed by atoms with E-state index in [9.17, 15) is 0 Å². The summed E-state index contributed by atoms with van der Waals surface area (Å²) in [6, 6.07) is 0. The highest BCUT2D eigenvalue weighted by molar-refractivity contribution is 7.73. The molecule has 0 aromatic rings. The maximum Gasteiger partial charge on any atom is 0.0504 e. The zero-order valence-electron chi connectivity index (χ0n) is 5.39. The van der Waals surface area contributed by atoms with E-state index in [0.717, 1.165) is 13.2 Å². The van der Waals surface area contributed by atoms with E-state index >= 15 is 0 Å². The Hall–Kier alpha value is 0.260. The number of rotatable bonds is 0. The molecule has 0 aromatic heterocycles. The van der Waals surface area contributed by atoms with Crippen LogP contribution in [0.3, 0.4) is 0 Å². The third-order valence-electron chi connectivity index (χ3n) is 1.55. The molecule has 0 saturated carbocycles. The molecule has 0 aliphatic carbocycles. The van der Waals surface area contributed by atoms with Gasteiger partial charge in [0.2, 0.25) is 0 Å². The Morgan fingerprint density at radius 3 is 2.12 bits per heavy atom. The van der Waals surface area contributed by atoms with Gasteiger partial charge in [-0.2, -0.15) is 0 Å². The molecule has 0 aromatic carbocycles. The van der Waals surface area contributed by atoms with Gasteiger partial charge in [0.1, 0.15) is 0 Å². The van der Waals surface area contributed by atoms with Crippen molar-refractivity contribution in [2.45, 2.75) is 0 Å². The lowest BCUT2D eigenvalue weighted by Gasteiger charge is -2.23. The van der Waals surface area contributed by atoms with Crippen molar-refractivity contribution >= 4 is 13.2 Å². The first-order valence-corrected chi connectivity index (χ1v) is 5.77. The van der Waals surface area contributed by atoms with E-state index in [1.807, 2.05) is 0 Å². The van der Waals surface area contributed by atoms with E-state index in [1.54, 1.807) is 0 Å². The molecule has 0 amide bonds. The first kappa shape index (κ1) is 6.38. The molecule has 0 radical (unpaired) electrons. The fourth-order valence-electron chi connectivity index (χ4n) is 0.784. The largest absolute Gasteiger partial charge is 0.381 e. The standard InChI is InChI=1S/C6H13OP/c1-8(2)5-3-7-4-6-8/h1,3-6H2,2H3. The Labute approximate surface area is 51.0 Å². The Balaban J connectivity index is 2.45. The third-order valence-corrected chi connectivity index (χ3v) is 4.08. The van der Waals surface area contributed by atoms with Gasteiger partial charge in [0.25, 0.3) is 0 Å². The molecule has 48 valence electrons. The molecule has 2 heteroatoms. The van der Waals surface area contributed by atoms with E-state index in [2.05, 4.69) is 13.0 Å². The smallest absolute Gasteiger partial charge is 0.0504 e. The highest BCUT2D eigenvalue weighted by Gasteiger charge is 2.11. The van der Waals surface area contributed by atoms with E-state index < -0.39 is 6.89 Å². The topological polar surface area (TPSA) is 9.23 Å². The molecular formula is C6H13OP. The molecule has 1 aliphatic heterocycles. The molecule has 0 N–H and O–H groups in total. The van der Waals surface area contributed by atoms with Gasteiger partial charge in [-0.05, 0) is 19.0 Å². The lowest BCUT2D eigenvalue weighted by atomic mass is 10.8. The Bertz CT molecular complexity index is 110. The Morgan fingerprint density at radius 2 is 1.88 bits per heavy atom. The molecule has 1 aliphatic rings. The molecule has 8 heavy (non-hydrogen) atoms. The first-order chi connectivity index (χ1) is 3.71. The predicted molar refractivity (Wildman–Crippen MR) is 40.5 cm³/mol. The van der Waals surface area contributed by atoms with Gasteiger partial charge in [-0.25, -0.2) is 0 Å². The van der Waals surface area contributed by atoms with Crippen LogP contribution in [0.15, 0.2) is 0 Å². The molecule has 0 unspecified atom stereocenters. The Morgan fingerprint density at radius 1 is 1.38 bits per heavy atom. The third kappa shape index (κ3) is 1.65. The SMILES string of the molecule is C=P1(C)CCOCC1. The number of hydrogen-bond donors (Lipinski definition) is 0. The van der Waals surface area contributed by atoms with Crippen LogP contribution in [0.4, 0.5) is 0 Å². The van der Waals surface area contributed by atoms with Crippen molar-refractivity contribution < 1.29 is 4.74 Å². The van der Waals surface area contributed by atoms with E-state index in [-0.39, 0.29) is 0 Å². The maximum absolute atomic E-state index is 5.19. The van der Waals surface area contributed by atoms with Crippen molar-refractivity contribution in [3.63, 3.8) is 0 Å². The monoisotopic (exact) mass is 132 g/mol. The summed E-state index contributed by atoms with van der Waals surface area (Å²) >= 11 is 0. The highest BCUT2D eigenvalue weighted by atomic mass is 31.2. The normalized spacial score (nSPS) is 27.6. The minimum atomic E-state index is -0.712. The van der Waals surface area contributed by atoms with Crippen molar-refractivity contribution in [3.05, 3.63) is 0 Å². The van der Waals surface area contributed by atoms with Crippen LogP contribution in [-0.2, 0) is 4.74 Å². The van der Waals surface area contributed by atoms with Crippen LogP contribution in [-0.4, -0.2) is 38.5 Å².